The van der Waals surface area contributed by atoms with Crippen LogP contribution in [0.1, 0.15) is 19.3 Å². The highest BCUT2D eigenvalue weighted by Crippen LogP contribution is 2.46. The van der Waals surface area contributed by atoms with Crippen molar-refractivity contribution in [3.05, 3.63) is 0 Å². The van der Waals surface area contributed by atoms with Gasteiger partial charge in [-0.2, -0.15) is 13.2 Å². The largest absolute Gasteiger partial charge is 0.418 e. The van der Waals surface area contributed by atoms with Crippen LogP contribution < -0.4 is 5.32 Å². The Bertz CT molecular complexity index is 205. The topological polar surface area (TPSA) is 32.3 Å². The number of halogens is 3. The Hall–Kier alpha value is -0.290. The molecule has 70 valence electrons. The molecule has 2 bridgehead atoms. The molecule has 0 aromatic carbocycles. The minimum absolute atomic E-state index is 0.137. The maximum atomic E-state index is 12.3. The summed E-state index contributed by atoms with van der Waals surface area (Å²) in [6.07, 6.45) is -3.48. The van der Waals surface area contributed by atoms with E-state index >= 15 is 0 Å². The summed E-state index contributed by atoms with van der Waals surface area (Å²) < 4.78 is 36.9. The average molecular weight is 181 g/mol. The summed E-state index contributed by atoms with van der Waals surface area (Å²) in [5.41, 5.74) is -2.46. The molecular weight excluding hydrogens is 171 g/mol. The van der Waals surface area contributed by atoms with Crippen molar-refractivity contribution < 1.29 is 18.3 Å². The SMILES string of the molecule is O[C@]1(C(F)(F)F)C[C@@H]2CC[C@H]1N2. The van der Waals surface area contributed by atoms with Gasteiger partial charge >= 0.3 is 6.18 Å². The maximum absolute atomic E-state index is 12.3. The van der Waals surface area contributed by atoms with E-state index in [1.54, 1.807) is 0 Å². The van der Waals surface area contributed by atoms with Gasteiger partial charge < -0.3 is 10.4 Å². The Morgan fingerprint density at radius 2 is 2.00 bits per heavy atom. The lowest BCUT2D eigenvalue weighted by molar-refractivity contribution is -0.265. The quantitative estimate of drug-likeness (QED) is 0.579. The van der Waals surface area contributed by atoms with Crippen LogP contribution in [0, 0.1) is 0 Å². The van der Waals surface area contributed by atoms with Gasteiger partial charge in [-0.1, -0.05) is 0 Å². The van der Waals surface area contributed by atoms with Crippen molar-refractivity contribution in [1.82, 2.24) is 5.32 Å². The summed E-state index contributed by atoms with van der Waals surface area (Å²) in [5, 5.41) is 12.1. The van der Waals surface area contributed by atoms with Gasteiger partial charge in [0, 0.05) is 18.5 Å². The van der Waals surface area contributed by atoms with Gasteiger partial charge in [-0.3, -0.25) is 0 Å². The first-order valence-electron chi connectivity index (χ1n) is 3.98. The summed E-state index contributed by atoms with van der Waals surface area (Å²) in [6, 6.07) is -0.913. The molecule has 0 amide bonds. The van der Waals surface area contributed by atoms with E-state index in [-0.39, 0.29) is 12.5 Å². The molecule has 2 N–H and O–H groups in total. The molecule has 0 radical (unpaired) electrons. The van der Waals surface area contributed by atoms with Crippen LogP contribution in [0.2, 0.25) is 0 Å². The third-order valence-electron chi connectivity index (χ3n) is 2.87. The third kappa shape index (κ3) is 0.894. The Balaban J connectivity index is 2.23. The van der Waals surface area contributed by atoms with Crippen molar-refractivity contribution in [3.8, 4) is 0 Å². The summed E-state index contributed by atoms with van der Waals surface area (Å²) in [5.74, 6) is 0. The van der Waals surface area contributed by atoms with Crippen molar-refractivity contribution in [2.24, 2.45) is 0 Å². The lowest BCUT2D eigenvalue weighted by Crippen LogP contribution is -2.53. The van der Waals surface area contributed by atoms with Gasteiger partial charge in [-0.05, 0) is 12.8 Å². The second kappa shape index (κ2) is 2.14. The van der Waals surface area contributed by atoms with Crippen molar-refractivity contribution in [2.75, 3.05) is 0 Å². The molecule has 0 unspecified atom stereocenters. The van der Waals surface area contributed by atoms with E-state index in [2.05, 4.69) is 5.32 Å². The molecule has 2 fully saturated rings. The van der Waals surface area contributed by atoms with E-state index in [0.29, 0.717) is 6.42 Å². The van der Waals surface area contributed by atoms with Crippen LogP contribution >= 0.6 is 0 Å². The molecule has 0 spiro atoms. The van der Waals surface area contributed by atoms with Crippen molar-refractivity contribution >= 4 is 0 Å². The van der Waals surface area contributed by atoms with Crippen LogP contribution in [0.15, 0.2) is 0 Å². The Labute approximate surface area is 67.8 Å². The van der Waals surface area contributed by atoms with Gasteiger partial charge in [-0.25, -0.2) is 0 Å². The second-order valence-electron chi connectivity index (χ2n) is 3.62. The van der Waals surface area contributed by atoms with Gasteiger partial charge in [0.25, 0.3) is 0 Å². The first-order valence-corrected chi connectivity index (χ1v) is 3.98. The fraction of sp³-hybridized carbons (Fsp3) is 1.00. The first-order chi connectivity index (χ1) is 5.43. The van der Waals surface area contributed by atoms with Crippen molar-refractivity contribution in [2.45, 2.75) is 43.1 Å². The summed E-state index contributed by atoms with van der Waals surface area (Å²) in [4.78, 5) is 0. The molecule has 0 aromatic rings. The van der Waals surface area contributed by atoms with Gasteiger partial charge in [0.15, 0.2) is 5.60 Å². The summed E-state index contributed by atoms with van der Waals surface area (Å²) in [7, 11) is 0. The predicted octanol–water partition coefficient (Wildman–Crippen LogP) is 0.804. The number of aliphatic hydroxyl groups is 1. The Morgan fingerprint density at radius 3 is 2.25 bits per heavy atom. The van der Waals surface area contributed by atoms with Crippen LogP contribution in [0.4, 0.5) is 13.2 Å². The summed E-state index contributed by atoms with van der Waals surface area (Å²) in [6.45, 7) is 0. The molecule has 3 atom stereocenters. The van der Waals surface area contributed by atoms with E-state index in [4.69, 9.17) is 0 Å². The molecule has 2 rings (SSSR count). The standard InChI is InChI=1S/C7H10F3NO/c8-7(9,10)6(12)3-4-1-2-5(6)11-4/h4-5,11-12H,1-3H2/t4-,5+,6+/m0/s1. The Morgan fingerprint density at radius 1 is 1.33 bits per heavy atom. The molecule has 5 heteroatoms. The molecule has 0 saturated carbocycles. The Kier molecular flexibility index (Phi) is 1.48. The zero-order chi connectivity index (χ0) is 8.98. The second-order valence-corrected chi connectivity index (χ2v) is 3.62. The monoisotopic (exact) mass is 181 g/mol. The van der Waals surface area contributed by atoms with E-state index in [9.17, 15) is 18.3 Å². The fourth-order valence-corrected chi connectivity index (χ4v) is 2.19. The van der Waals surface area contributed by atoms with Crippen molar-refractivity contribution in [3.63, 3.8) is 0 Å². The average Bonchev–Trinajstić information content (AvgIpc) is 2.43. The molecule has 12 heavy (non-hydrogen) atoms. The highest BCUT2D eigenvalue weighted by molar-refractivity contribution is 5.11. The lowest BCUT2D eigenvalue weighted by Gasteiger charge is -2.32. The molecule has 2 nitrogen and oxygen atoms in total. The predicted molar refractivity (Wildman–Crippen MR) is 35.6 cm³/mol. The molecule has 0 aromatic heterocycles. The van der Waals surface area contributed by atoms with Gasteiger partial charge in [0.1, 0.15) is 0 Å². The number of fused-ring (bicyclic) bond motifs is 2. The molecule has 2 heterocycles. The van der Waals surface area contributed by atoms with E-state index in [1.807, 2.05) is 0 Å². The number of nitrogens with one attached hydrogen (secondary N) is 1. The highest BCUT2D eigenvalue weighted by atomic mass is 19.4. The first kappa shape index (κ1) is 8.31. The fourth-order valence-electron chi connectivity index (χ4n) is 2.19. The van der Waals surface area contributed by atoms with E-state index in [1.165, 1.54) is 0 Å². The molecule has 0 aliphatic carbocycles. The third-order valence-corrected chi connectivity index (χ3v) is 2.87. The molecular formula is C7H10F3NO. The summed E-state index contributed by atoms with van der Waals surface area (Å²) >= 11 is 0. The van der Waals surface area contributed by atoms with Crippen LogP contribution in [-0.2, 0) is 0 Å². The van der Waals surface area contributed by atoms with Crippen molar-refractivity contribution in [1.29, 1.82) is 0 Å². The van der Waals surface area contributed by atoms with Gasteiger partial charge in [0.05, 0.1) is 0 Å². The van der Waals surface area contributed by atoms with E-state index in [0.717, 1.165) is 6.42 Å². The van der Waals surface area contributed by atoms with Crippen LogP contribution in [-0.4, -0.2) is 29.0 Å². The zero-order valence-corrected chi connectivity index (χ0v) is 6.36. The van der Waals surface area contributed by atoms with Gasteiger partial charge in [-0.15, -0.1) is 0 Å². The van der Waals surface area contributed by atoms with Gasteiger partial charge in [0.2, 0.25) is 0 Å². The molecule has 2 saturated heterocycles. The molecule has 2 aliphatic rings. The van der Waals surface area contributed by atoms with Crippen LogP contribution in [0.3, 0.4) is 0 Å². The normalized spacial score (nSPS) is 47.0. The highest BCUT2D eigenvalue weighted by Gasteiger charge is 2.64. The number of hydrogen-bond acceptors (Lipinski definition) is 2. The van der Waals surface area contributed by atoms with Crippen LogP contribution in [0.25, 0.3) is 0 Å². The maximum Gasteiger partial charge on any atom is 0.418 e. The minimum atomic E-state index is -4.49. The number of rotatable bonds is 0. The minimum Gasteiger partial charge on any atom is -0.379 e. The number of hydrogen-bond donors (Lipinski definition) is 2. The lowest BCUT2D eigenvalue weighted by atomic mass is 9.84. The number of alkyl halides is 3. The van der Waals surface area contributed by atoms with E-state index < -0.39 is 17.8 Å². The van der Waals surface area contributed by atoms with Crippen LogP contribution in [0.5, 0.6) is 0 Å². The zero-order valence-electron chi connectivity index (χ0n) is 6.36. The smallest absolute Gasteiger partial charge is 0.379 e. The molecule has 2 aliphatic heterocycles.